The lowest BCUT2D eigenvalue weighted by Crippen LogP contribution is -2.36. The summed E-state index contributed by atoms with van der Waals surface area (Å²) in [6, 6.07) is 0. The molecule has 0 heterocycles. The van der Waals surface area contributed by atoms with Crippen molar-refractivity contribution < 1.29 is 9.90 Å². The molecular formula is C11H24N2O2. The highest BCUT2D eigenvalue weighted by Crippen LogP contribution is 2.06. The van der Waals surface area contributed by atoms with E-state index in [1.807, 2.05) is 20.8 Å². The average molecular weight is 216 g/mol. The minimum Gasteiger partial charge on any atom is -0.391 e. The van der Waals surface area contributed by atoms with Crippen molar-refractivity contribution >= 4 is 5.91 Å². The van der Waals surface area contributed by atoms with Gasteiger partial charge in [-0.1, -0.05) is 13.3 Å². The molecule has 0 saturated heterocycles. The molecule has 0 bridgehead atoms. The van der Waals surface area contributed by atoms with E-state index in [0.29, 0.717) is 19.4 Å². The summed E-state index contributed by atoms with van der Waals surface area (Å²) < 4.78 is 0. The number of rotatable bonds is 7. The van der Waals surface area contributed by atoms with Gasteiger partial charge >= 0.3 is 0 Å². The van der Waals surface area contributed by atoms with Crippen molar-refractivity contribution in [1.29, 1.82) is 0 Å². The van der Waals surface area contributed by atoms with E-state index in [9.17, 15) is 9.90 Å². The van der Waals surface area contributed by atoms with E-state index in [1.54, 1.807) is 0 Å². The molecule has 90 valence electrons. The summed E-state index contributed by atoms with van der Waals surface area (Å²) in [7, 11) is 0. The van der Waals surface area contributed by atoms with Crippen LogP contribution in [0.4, 0.5) is 0 Å². The van der Waals surface area contributed by atoms with Crippen molar-refractivity contribution in [2.24, 2.45) is 5.73 Å². The Kier molecular flexibility index (Phi) is 6.52. The summed E-state index contributed by atoms with van der Waals surface area (Å²) in [5.74, 6) is -0.0383. The zero-order valence-electron chi connectivity index (χ0n) is 10.0. The standard InChI is InChI=1S/C11H24N2O2/c1-4-5-9(14)8-13-10(15)6-7-11(2,3)12/h9,14H,4-8,12H2,1-3H3,(H,13,15). The first kappa shape index (κ1) is 14.4. The second-order valence-electron chi connectivity index (χ2n) is 4.74. The van der Waals surface area contributed by atoms with Crippen molar-refractivity contribution in [2.75, 3.05) is 6.54 Å². The third-order valence-corrected chi connectivity index (χ3v) is 2.15. The van der Waals surface area contributed by atoms with Crippen LogP contribution in [0.25, 0.3) is 0 Å². The van der Waals surface area contributed by atoms with Gasteiger partial charge in [0.05, 0.1) is 6.10 Å². The Morgan fingerprint density at radius 2 is 2.13 bits per heavy atom. The first-order chi connectivity index (χ1) is 6.85. The molecule has 1 atom stereocenters. The summed E-state index contributed by atoms with van der Waals surface area (Å²) in [4.78, 5) is 11.3. The maximum absolute atomic E-state index is 11.3. The first-order valence-corrected chi connectivity index (χ1v) is 5.59. The third kappa shape index (κ3) is 9.69. The first-order valence-electron chi connectivity index (χ1n) is 5.59. The van der Waals surface area contributed by atoms with Gasteiger partial charge in [-0.3, -0.25) is 4.79 Å². The molecule has 0 aromatic carbocycles. The van der Waals surface area contributed by atoms with E-state index in [1.165, 1.54) is 0 Å². The van der Waals surface area contributed by atoms with Gasteiger partial charge in [-0.2, -0.15) is 0 Å². The molecule has 0 aromatic heterocycles. The van der Waals surface area contributed by atoms with Gasteiger partial charge in [-0.05, 0) is 26.7 Å². The molecule has 0 spiro atoms. The highest BCUT2D eigenvalue weighted by atomic mass is 16.3. The second-order valence-corrected chi connectivity index (χ2v) is 4.74. The number of amides is 1. The van der Waals surface area contributed by atoms with Gasteiger partial charge in [0.1, 0.15) is 0 Å². The Morgan fingerprint density at radius 3 is 2.60 bits per heavy atom. The summed E-state index contributed by atoms with van der Waals surface area (Å²) in [6.07, 6.45) is 2.30. The summed E-state index contributed by atoms with van der Waals surface area (Å²) in [5, 5.41) is 12.1. The van der Waals surface area contributed by atoms with Gasteiger partial charge in [-0.25, -0.2) is 0 Å². The molecule has 0 aromatic rings. The van der Waals surface area contributed by atoms with Gasteiger partial charge in [0.25, 0.3) is 0 Å². The molecule has 0 aliphatic heterocycles. The van der Waals surface area contributed by atoms with Gasteiger partial charge in [0.15, 0.2) is 0 Å². The van der Waals surface area contributed by atoms with Gasteiger partial charge < -0.3 is 16.2 Å². The number of nitrogens with one attached hydrogen (secondary N) is 1. The van der Waals surface area contributed by atoms with E-state index in [2.05, 4.69) is 5.32 Å². The number of carbonyl (C=O) groups is 1. The molecule has 1 unspecified atom stereocenters. The maximum atomic E-state index is 11.3. The Balaban J connectivity index is 3.58. The molecule has 0 aliphatic rings. The van der Waals surface area contributed by atoms with Crippen LogP contribution < -0.4 is 11.1 Å². The molecular weight excluding hydrogens is 192 g/mol. The average Bonchev–Trinajstić information content (AvgIpc) is 2.11. The van der Waals surface area contributed by atoms with Crippen LogP contribution in [0.15, 0.2) is 0 Å². The molecule has 4 N–H and O–H groups in total. The molecule has 0 saturated carbocycles. The van der Waals surface area contributed by atoms with Gasteiger partial charge in [-0.15, -0.1) is 0 Å². The van der Waals surface area contributed by atoms with Crippen LogP contribution in [0.3, 0.4) is 0 Å². The Bertz CT molecular complexity index is 188. The van der Waals surface area contributed by atoms with E-state index in [-0.39, 0.29) is 11.4 Å². The van der Waals surface area contributed by atoms with Crippen molar-refractivity contribution in [3.8, 4) is 0 Å². The largest absolute Gasteiger partial charge is 0.391 e. The lowest BCUT2D eigenvalue weighted by Gasteiger charge is -2.18. The summed E-state index contributed by atoms with van der Waals surface area (Å²) >= 11 is 0. The van der Waals surface area contributed by atoms with Crippen LogP contribution >= 0.6 is 0 Å². The Morgan fingerprint density at radius 1 is 1.53 bits per heavy atom. The van der Waals surface area contributed by atoms with Crippen LogP contribution in [0, 0.1) is 0 Å². The molecule has 0 fully saturated rings. The van der Waals surface area contributed by atoms with Crippen LogP contribution in [0.5, 0.6) is 0 Å². The fourth-order valence-electron chi connectivity index (χ4n) is 1.19. The maximum Gasteiger partial charge on any atom is 0.220 e. The van der Waals surface area contributed by atoms with Crippen LogP contribution in [-0.2, 0) is 4.79 Å². The fourth-order valence-corrected chi connectivity index (χ4v) is 1.19. The topological polar surface area (TPSA) is 75.3 Å². The molecule has 1 amide bonds. The molecule has 0 aliphatic carbocycles. The van der Waals surface area contributed by atoms with Gasteiger partial charge in [0, 0.05) is 18.5 Å². The predicted octanol–water partition coefficient (Wildman–Crippen LogP) is 0.781. The molecule has 15 heavy (non-hydrogen) atoms. The quantitative estimate of drug-likeness (QED) is 0.588. The molecule has 0 radical (unpaired) electrons. The van der Waals surface area contributed by atoms with Crippen LogP contribution in [0.2, 0.25) is 0 Å². The summed E-state index contributed by atoms with van der Waals surface area (Å²) in [5.41, 5.74) is 5.45. The second kappa shape index (κ2) is 6.80. The van der Waals surface area contributed by atoms with Crippen molar-refractivity contribution in [3.63, 3.8) is 0 Å². The van der Waals surface area contributed by atoms with Crippen molar-refractivity contribution in [3.05, 3.63) is 0 Å². The molecule has 0 rings (SSSR count). The number of hydrogen-bond donors (Lipinski definition) is 3. The predicted molar refractivity (Wildman–Crippen MR) is 61.4 cm³/mol. The minimum absolute atomic E-state index is 0.0383. The highest BCUT2D eigenvalue weighted by Gasteiger charge is 2.13. The van der Waals surface area contributed by atoms with E-state index in [0.717, 1.165) is 12.8 Å². The van der Waals surface area contributed by atoms with Crippen LogP contribution in [0.1, 0.15) is 46.5 Å². The van der Waals surface area contributed by atoms with Crippen molar-refractivity contribution in [2.45, 2.75) is 58.1 Å². The van der Waals surface area contributed by atoms with E-state index < -0.39 is 6.10 Å². The SMILES string of the molecule is CCCC(O)CNC(=O)CCC(C)(C)N. The number of aliphatic hydroxyl groups is 1. The number of aliphatic hydroxyl groups excluding tert-OH is 1. The lowest BCUT2D eigenvalue weighted by molar-refractivity contribution is -0.121. The molecule has 4 nitrogen and oxygen atoms in total. The van der Waals surface area contributed by atoms with E-state index in [4.69, 9.17) is 5.73 Å². The van der Waals surface area contributed by atoms with E-state index >= 15 is 0 Å². The lowest BCUT2D eigenvalue weighted by atomic mass is 10.00. The summed E-state index contributed by atoms with van der Waals surface area (Å²) in [6.45, 7) is 6.14. The Labute approximate surface area is 92.2 Å². The van der Waals surface area contributed by atoms with Crippen molar-refractivity contribution in [1.82, 2.24) is 5.32 Å². The third-order valence-electron chi connectivity index (χ3n) is 2.15. The smallest absolute Gasteiger partial charge is 0.220 e. The minimum atomic E-state index is -0.426. The van der Waals surface area contributed by atoms with Gasteiger partial charge in [0.2, 0.25) is 5.91 Å². The monoisotopic (exact) mass is 216 g/mol. The normalized spacial score (nSPS) is 13.7. The number of nitrogens with two attached hydrogens (primary N) is 1. The number of hydrogen-bond acceptors (Lipinski definition) is 3. The zero-order valence-corrected chi connectivity index (χ0v) is 10.0. The number of carbonyl (C=O) groups excluding carboxylic acids is 1. The highest BCUT2D eigenvalue weighted by molar-refractivity contribution is 5.75. The zero-order chi connectivity index (χ0) is 11.9. The molecule has 4 heteroatoms. The Hall–Kier alpha value is -0.610. The fraction of sp³-hybridized carbons (Fsp3) is 0.909. The van der Waals surface area contributed by atoms with Crippen LogP contribution in [-0.4, -0.2) is 29.2 Å².